The first-order valence-electron chi connectivity index (χ1n) is 12.9. The van der Waals surface area contributed by atoms with E-state index in [-0.39, 0.29) is 23.6 Å². The molecule has 11 nitrogen and oxygen atoms in total. The number of piperidine rings is 1. The van der Waals surface area contributed by atoms with E-state index in [1.807, 2.05) is 16.7 Å². The van der Waals surface area contributed by atoms with Crippen molar-refractivity contribution in [2.75, 3.05) is 50.1 Å². The highest BCUT2D eigenvalue weighted by molar-refractivity contribution is 5.93. The Morgan fingerprint density at radius 2 is 1.90 bits per heavy atom. The molecule has 0 saturated carbocycles. The molecule has 13 heteroatoms. The molecule has 0 radical (unpaired) electrons. The van der Waals surface area contributed by atoms with Gasteiger partial charge in [0, 0.05) is 70.7 Å². The van der Waals surface area contributed by atoms with E-state index >= 15 is 0 Å². The number of benzene rings is 1. The molecule has 0 spiro atoms. The molecular formula is C26H32F2N8O3. The van der Waals surface area contributed by atoms with Crippen molar-refractivity contribution in [3.63, 3.8) is 0 Å². The second-order valence-electron chi connectivity index (χ2n) is 10.1. The number of anilines is 2. The number of hydrogen-bond acceptors (Lipinski definition) is 10. The summed E-state index contributed by atoms with van der Waals surface area (Å²) >= 11 is 0. The third-order valence-electron chi connectivity index (χ3n) is 7.64. The van der Waals surface area contributed by atoms with Gasteiger partial charge in [0.1, 0.15) is 17.7 Å². The maximum Gasteiger partial charge on any atom is 0.324 e. The number of hydrogen-bond donors (Lipinski definition) is 1. The van der Waals surface area contributed by atoms with Crippen LogP contribution in [0.3, 0.4) is 0 Å². The van der Waals surface area contributed by atoms with Gasteiger partial charge in [-0.05, 0) is 43.5 Å². The molecule has 0 aliphatic carbocycles. The second kappa shape index (κ2) is 11.2. The van der Waals surface area contributed by atoms with Gasteiger partial charge in [-0.25, -0.2) is 18.7 Å². The minimum atomic E-state index is -0.508. The summed E-state index contributed by atoms with van der Waals surface area (Å²) < 4.78 is 38.6. The number of nitrogens with two attached hydrogens (primary N) is 1. The lowest BCUT2D eigenvalue weighted by atomic mass is 9.94. The molecule has 2 aliphatic heterocycles. The van der Waals surface area contributed by atoms with Gasteiger partial charge in [0.2, 0.25) is 11.8 Å². The monoisotopic (exact) mass is 542 g/mol. The number of amides is 1. The normalized spacial score (nSPS) is 20.9. The van der Waals surface area contributed by atoms with Crippen LogP contribution in [0.15, 0.2) is 35.1 Å². The molecule has 5 rings (SSSR count). The summed E-state index contributed by atoms with van der Waals surface area (Å²) in [5, 5.41) is 3.98. The number of carbonyl (C=O) groups is 1. The highest BCUT2D eigenvalue weighted by Gasteiger charge is 2.35. The van der Waals surface area contributed by atoms with Crippen LogP contribution >= 0.6 is 0 Å². The maximum absolute atomic E-state index is 14.3. The van der Waals surface area contributed by atoms with E-state index in [0.717, 1.165) is 25.0 Å². The Balaban J connectivity index is 1.18. The van der Waals surface area contributed by atoms with Gasteiger partial charge < -0.3 is 29.7 Å². The molecule has 0 unspecified atom stereocenters. The fourth-order valence-electron chi connectivity index (χ4n) is 5.15. The van der Waals surface area contributed by atoms with E-state index in [2.05, 4.69) is 20.1 Å². The Morgan fingerprint density at radius 3 is 2.59 bits per heavy atom. The standard InChI is InChI=1S/C26H32F2N8O3/c1-15(38-3)23-32-26(39-33-23)35-8-6-18(7-9-35)34(2)24(37)16-11-30-25(31-12-16)36-13-20(22(29)14-36)19-10-17(27)4-5-21(19)28/h4-5,10-12,15,18,20,22H,6-9,13-14,29H2,1-3H3/t15-,20+,22-/m0/s1. The van der Waals surface area contributed by atoms with Crippen LogP contribution in [0.4, 0.5) is 20.7 Å². The number of aromatic nitrogens is 4. The van der Waals surface area contributed by atoms with Crippen molar-refractivity contribution in [3.8, 4) is 0 Å². The Morgan fingerprint density at radius 1 is 1.18 bits per heavy atom. The summed E-state index contributed by atoms with van der Waals surface area (Å²) in [5.41, 5.74) is 6.87. The topological polar surface area (TPSA) is 127 Å². The quantitative estimate of drug-likeness (QED) is 0.476. The number of rotatable bonds is 7. The fourth-order valence-corrected chi connectivity index (χ4v) is 5.15. The Bertz CT molecular complexity index is 1300. The molecule has 1 aromatic carbocycles. The van der Waals surface area contributed by atoms with Gasteiger partial charge >= 0.3 is 6.01 Å². The van der Waals surface area contributed by atoms with Gasteiger partial charge in [-0.3, -0.25) is 4.79 Å². The van der Waals surface area contributed by atoms with Crippen LogP contribution in [0.1, 0.15) is 53.5 Å². The van der Waals surface area contributed by atoms with Gasteiger partial charge in [-0.15, -0.1) is 0 Å². The predicted octanol–water partition coefficient (Wildman–Crippen LogP) is 2.52. The van der Waals surface area contributed by atoms with Crippen LogP contribution < -0.4 is 15.5 Å². The SMILES string of the molecule is CO[C@@H](C)c1noc(N2CCC(N(C)C(=O)c3cnc(N4C[C@H](c5cc(F)ccc5F)[C@@H](N)C4)nc3)CC2)n1. The lowest BCUT2D eigenvalue weighted by Gasteiger charge is -2.35. The first-order valence-corrected chi connectivity index (χ1v) is 12.9. The largest absolute Gasteiger partial charge is 0.374 e. The molecule has 4 heterocycles. The molecule has 2 aromatic heterocycles. The molecule has 0 bridgehead atoms. The molecule has 2 saturated heterocycles. The summed E-state index contributed by atoms with van der Waals surface area (Å²) in [6.07, 6.45) is 4.21. The van der Waals surface area contributed by atoms with Crippen molar-refractivity contribution in [2.24, 2.45) is 5.73 Å². The molecule has 3 aromatic rings. The van der Waals surface area contributed by atoms with Crippen molar-refractivity contribution in [2.45, 2.75) is 43.9 Å². The summed E-state index contributed by atoms with van der Waals surface area (Å²) in [6, 6.07) is 3.46. The van der Waals surface area contributed by atoms with Crippen molar-refractivity contribution >= 4 is 17.9 Å². The molecular weight excluding hydrogens is 510 g/mol. The average molecular weight is 543 g/mol. The first kappa shape index (κ1) is 26.9. The van der Waals surface area contributed by atoms with E-state index in [9.17, 15) is 13.6 Å². The Hall–Kier alpha value is -3.71. The predicted molar refractivity (Wildman–Crippen MR) is 138 cm³/mol. The summed E-state index contributed by atoms with van der Waals surface area (Å²) in [5.74, 6) is -0.683. The van der Waals surface area contributed by atoms with Gasteiger partial charge in [0.25, 0.3) is 5.91 Å². The highest BCUT2D eigenvalue weighted by atomic mass is 19.1. The van der Waals surface area contributed by atoms with Gasteiger partial charge in [-0.2, -0.15) is 4.98 Å². The fraction of sp³-hybridized carbons (Fsp3) is 0.500. The number of ether oxygens (including phenoxy) is 1. The van der Waals surface area contributed by atoms with E-state index in [0.29, 0.717) is 49.5 Å². The summed E-state index contributed by atoms with van der Waals surface area (Å²) in [6.45, 7) is 3.92. The summed E-state index contributed by atoms with van der Waals surface area (Å²) in [4.78, 5) is 31.9. The van der Waals surface area contributed by atoms with Crippen molar-refractivity contribution in [1.29, 1.82) is 0 Å². The van der Waals surface area contributed by atoms with Crippen molar-refractivity contribution < 1.29 is 22.8 Å². The van der Waals surface area contributed by atoms with E-state index in [1.54, 1.807) is 19.1 Å². The minimum Gasteiger partial charge on any atom is -0.374 e. The van der Waals surface area contributed by atoms with Crippen LogP contribution in [-0.4, -0.2) is 83.3 Å². The van der Waals surface area contributed by atoms with Crippen LogP contribution in [-0.2, 0) is 4.74 Å². The minimum absolute atomic E-state index is 0.0345. The second-order valence-corrected chi connectivity index (χ2v) is 10.1. The van der Waals surface area contributed by atoms with Crippen LogP contribution in [0.2, 0.25) is 0 Å². The molecule has 2 fully saturated rings. The number of halogens is 2. The van der Waals surface area contributed by atoms with Gasteiger partial charge in [0.15, 0.2) is 0 Å². The molecule has 3 atom stereocenters. The number of carbonyl (C=O) groups excluding carboxylic acids is 1. The average Bonchev–Trinajstić information content (AvgIpc) is 3.61. The molecule has 208 valence electrons. The third kappa shape index (κ3) is 5.55. The zero-order chi connectivity index (χ0) is 27.7. The van der Waals surface area contributed by atoms with Crippen LogP contribution in [0, 0.1) is 11.6 Å². The van der Waals surface area contributed by atoms with Crippen LogP contribution in [0.5, 0.6) is 0 Å². The van der Waals surface area contributed by atoms with Gasteiger partial charge in [0.05, 0.1) is 5.56 Å². The molecule has 1 amide bonds. The first-order chi connectivity index (χ1) is 18.7. The Kier molecular flexibility index (Phi) is 7.71. The lowest BCUT2D eigenvalue weighted by molar-refractivity contribution is 0.0707. The van der Waals surface area contributed by atoms with E-state index in [1.165, 1.54) is 18.5 Å². The highest BCUT2D eigenvalue weighted by Crippen LogP contribution is 2.31. The maximum atomic E-state index is 14.3. The smallest absolute Gasteiger partial charge is 0.324 e. The number of nitrogens with zero attached hydrogens (tertiary/aromatic N) is 7. The molecule has 2 aliphatic rings. The number of methoxy groups -OCH3 is 1. The van der Waals surface area contributed by atoms with Gasteiger partial charge in [-0.1, -0.05) is 5.16 Å². The zero-order valence-electron chi connectivity index (χ0n) is 22.1. The third-order valence-corrected chi connectivity index (χ3v) is 7.64. The summed E-state index contributed by atoms with van der Waals surface area (Å²) in [7, 11) is 3.37. The molecule has 39 heavy (non-hydrogen) atoms. The lowest BCUT2D eigenvalue weighted by Crippen LogP contribution is -2.45. The molecule has 2 N–H and O–H groups in total. The zero-order valence-corrected chi connectivity index (χ0v) is 22.1. The van der Waals surface area contributed by atoms with E-state index in [4.69, 9.17) is 15.0 Å². The van der Waals surface area contributed by atoms with Crippen molar-refractivity contribution in [3.05, 3.63) is 59.2 Å². The van der Waals surface area contributed by atoms with Crippen LogP contribution in [0.25, 0.3) is 0 Å². The Labute approximate surface area is 224 Å². The van der Waals surface area contributed by atoms with Crippen molar-refractivity contribution in [1.82, 2.24) is 25.0 Å². The van der Waals surface area contributed by atoms with E-state index < -0.39 is 23.6 Å².